The van der Waals surface area contributed by atoms with Crippen molar-refractivity contribution < 1.29 is 0 Å². The molecule has 5 rings (SSSR count). The second kappa shape index (κ2) is 6.38. The fourth-order valence-electron chi connectivity index (χ4n) is 3.61. The Bertz CT molecular complexity index is 1240. The zero-order valence-corrected chi connectivity index (χ0v) is 15.7. The zero-order chi connectivity index (χ0) is 19.3. The molecule has 0 saturated carbocycles. The Morgan fingerprint density at radius 3 is 2.96 bits per heavy atom. The highest BCUT2D eigenvalue weighted by molar-refractivity contribution is 5.62. The predicted octanol–water partition coefficient (Wildman–Crippen LogP) is 0.906. The van der Waals surface area contributed by atoms with Gasteiger partial charge in [-0.05, 0) is 26.0 Å². The molecule has 1 unspecified atom stereocenters. The third kappa shape index (κ3) is 2.89. The number of nitrogens with zero attached hydrogens (tertiary/aromatic N) is 7. The van der Waals surface area contributed by atoms with Crippen molar-refractivity contribution in [3.8, 4) is 11.3 Å². The Balaban J connectivity index is 1.56. The van der Waals surface area contributed by atoms with Crippen LogP contribution >= 0.6 is 0 Å². The SMILES string of the molecule is Cc1nc2ncc(-c3cc(=O)n4cc(N5CCNC(C)C5)ccc4n3)cn2n1. The second-order valence-electron chi connectivity index (χ2n) is 7.14. The molecule has 9 nitrogen and oxygen atoms in total. The van der Waals surface area contributed by atoms with Crippen LogP contribution in [0.2, 0.25) is 0 Å². The van der Waals surface area contributed by atoms with Crippen LogP contribution in [0, 0.1) is 6.92 Å². The van der Waals surface area contributed by atoms with E-state index < -0.39 is 0 Å². The maximum atomic E-state index is 12.8. The number of fused-ring (bicyclic) bond motifs is 2. The number of pyridine rings is 1. The van der Waals surface area contributed by atoms with E-state index in [1.54, 1.807) is 21.3 Å². The van der Waals surface area contributed by atoms with Gasteiger partial charge in [-0.15, -0.1) is 0 Å². The van der Waals surface area contributed by atoms with Gasteiger partial charge in [-0.3, -0.25) is 9.20 Å². The van der Waals surface area contributed by atoms with Crippen molar-refractivity contribution in [1.29, 1.82) is 0 Å². The third-order valence-electron chi connectivity index (χ3n) is 4.97. The van der Waals surface area contributed by atoms with Gasteiger partial charge in [0.15, 0.2) is 0 Å². The van der Waals surface area contributed by atoms with Gasteiger partial charge in [0.2, 0.25) is 0 Å². The largest absolute Gasteiger partial charge is 0.368 e. The molecule has 4 aromatic heterocycles. The number of piperazine rings is 1. The van der Waals surface area contributed by atoms with Gasteiger partial charge in [0.05, 0.1) is 11.4 Å². The number of anilines is 1. The highest BCUT2D eigenvalue weighted by Crippen LogP contribution is 2.19. The second-order valence-corrected chi connectivity index (χ2v) is 7.14. The summed E-state index contributed by atoms with van der Waals surface area (Å²) < 4.78 is 3.19. The first kappa shape index (κ1) is 16.8. The molecule has 1 N–H and O–H groups in total. The summed E-state index contributed by atoms with van der Waals surface area (Å²) >= 11 is 0. The number of hydrogen-bond donors (Lipinski definition) is 1. The van der Waals surface area contributed by atoms with Gasteiger partial charge >= 0.3 is 0 Å². The first-order chi connectivity index (χ1) is 13.6. The van der Waals surface area contributed by atoms with Crippen LogP contribution in [-0.2, 0) is 0 Å². The number of aryl methyl sites for hydroxylation is 1. The molecule has 9 heteroatoms. The van der Waals surface area contributed by atoms with Crippen molar-refractivity contribution in [3.63, 3.8) is 0 Å². The van der Waals surface area contributed by atoms with Crippen molar-refractivity contribution in [2.24, 2.45) is 0 Å². The highest BCUT2D eigenvalue weighted by atomic mass is 16.1. The van der Waals surface area contributed by atoms with Crippen LogP contribution in [0.3, 0.4) is 0 Å². The standard InChI is InChI=1S/C19H20N8O/c1-12-9-25(6-5-20-12)15-3-4-17-23-16(7-18(28)26(17)11-15)14-8-21-19-22-13(2)24-27(19)10-14/h3-4,7-8,10-12,20H,5-6,9H2,1-2H3. The van der Waals surface area contributed by atoms with Gasteiger partial charge in [-0.2, -0.15) is 10.1 Å². The molecule has 0 aliphatic carbocycles. The third-order valence-corrected chi connectivity index (χ3v) is 4.97. The molecule has 0 aromatic carbocycles. The lowest BCUT2D eigenvalue weighted by molar-refractivity contribution is 0.484. The molecule has 1 fully saturated rings. The van der Waals surface area contributed by atoms with E-state index >= 15 is 0 Å². The van der Waals surface area contributed by atoms with Crippen LogP contribution in [0.15, 0.2) is 41.6 Å². The van der Waals surface area contributed by atoms with Gasteiger partial charge in [0.1, 0.15) is 11.5 Å². The molecule has 1 saturated heterocycles. The van der Waals surface area contributed by atoms with Gasteiger partial charge in [0.25, 0.3) is 11.3 Å². The van der Waals surface area contributed by atoms with Crippen LogP contribution in [-0.4, -0.2) is 54.6 Å². The maximum Gasteiger partial charge on any atom is 0.258 e. The molecular formula is C19H20N8O. The zero-order valence-electron chi connectivity index (χ0n) is 15.7. The van der Waals surface area contributed by atoms with Crippen LogP contribution in [0.1, 0.15) is 12.7 Å². The van der Waals surface area contributed by atoms with E-state index in [1.807, 2.05) is 25.3 Å². The summed E-state index contributed by atoms with van der Waals surface area (Å²) in [5.41, 5.74) is 2.79. The van der Waals surface area contributed by atoms with E-state index in [-0.39, 0.29) is 5.56 Å². The number of aromatic nitrogens is 6. The Morgan fingerprint density at radius 2 is 2.11 bits per heavy atom. The summed E-state index contributed by atoms with van der Waals surface area (Å²) in [5, 5.41) is 7.70. The Morgan fingerprint density at radius 1 is 1.21 bits per heavy atom. The van der Waals surface area contributed by atoms with Crippen LogP contribution in [0.5, 0.6) is 0 Å². The van der Waals surface area contributed by atoms with Crippen LogP contribution in [0.4, 0.5) is 5.69 Å². The van der Waals surface area contributed by atoms with Crippen molar-refractivity contribution >= 4 is 17.1 Å². The molecule has 142 valence electrons. The molecule has 0 amide bonds. The summed E-state index contributed by atoms with van der Waals surface area (Å²) in [5.74, 6) is 1.17. The van der Waals surface area contributed by atoms with Crippen molar-refractivity contribution in [2.45, 2.75) is 19.9 Å². The molecule has 0 spiro atoms. The van der Waals surface area contributed by atoms with Crippen LogP contribution in [0.25, 0.3) is 22.7 Å². The average molecular weight is 376 g/mol. The van der Waals surface area contributed by atoms with Crippen molar-refractivity contribution in [1.82, 2.24) is 34.3 Å². The molecule has 0 bridgehead atoms. The fraction of sp³-hybridized carbons (Fsp3) is 0.316. The summed E-state index contributed by atoms with van der Waals surface area (Å²) in [4.78, 5) is 28.2. The molecule has 1 aliphatic rings. The van der Waals surface area contributed by atoms with E-state index in [9.17, 15) is 4.79 Å². The van der Waals surface area contributed by atoms with E-state index in [0.29, 0.717) is 29.0 Å². The van der Waals surface area contributed by atoms with E-state index in [0.717, 1.165) is 30.9 Å². The molecule has 0 radical (unpaired) electrons. The minimum absolute atomic E-state index is 0.125. The van der Waals surface area contributed by atoms with Crippen LogP contribution < -0.4 is 15.8 Å². The van der Waals surface area contributed by atoms with Gasteiger partial charge in [-0.1, -0.05) is 0 Å². The lowest BCUT2D eigenvalue weighted by Gasteiger charge is -2.33. The lowest BCUT2D eigenvalue weighted by atomic mass is 10.2. The maximum absolute atomic E-state index is 12.8. The lowest BCUT2D eigenvalue weighted by Crippen LogP contribution is -2.49. The molecule has 1 aliphatic heterocycles. The number of nitrogens with one attached hydrogen (secondary N) is 1. The Hall–Kier alpha value is -3.33. The molecule has 1 atom stereocenters. The highest BCUT2D eigenvalue weighted by Gasteiger charge is 2.17. The summed E-state index contributed by atoms with van der Waals surface area (Å²) in [7, 11) is 0. The van der Waals surface area contributed by atoms with Gasteiger partial charge in [0, 0.05) is 55.9 Å². The molecule has 28 heavy (non-hydrogen) atoms. The van der Waals surface area contributed by atoms with E-state index in [2.05, 4.69) is 37.2 Å². The van der Waals surface area contributed by atoms with E-state index in [1.165, 1.54) is 6.07 Å². The summed E-state index contributed by atoms with van der Waals surface area (Å²) in [6.45, 7) is 6.73. The van der Waals surface area contributed by atoms with Crippen molar-refractivity contribution in [3.05, 3.63) is 53.0 Å². The minimum atomic E-state index is -0.125. The van der Waals surface area contributed by atoms with Crippen molar-refractivity contribution in [2.75, 3.05) is 24.5 Å². The first-order valence-electron chi connectivity index (χ1n) is 9.28. The molecular weight excluding hydrogens is 356 g/mol. The minimum Gasteiger partial charge on any atom is -0.368 e. The smallest absolute Gasteiger partial charge is 0.258 e. The monoisotopic (exact) mass is 376 g/mol. The number of hydrogen-bond acceptors (Lipinski definition) is 7. The van der Waals surface area contributed by atoms with Gasteiger partial charge in [-0.25, -0.2) is 14.5 Å². The Labute approximate surface area is 160 Å². The fourth-order valence-corrected chi connectivity index (χ4v) is 3.61. The first-order valence-corrected chi connectivity index (χ1v) is 9.28. The predicted molar refractivity (Wildman–Crippen MR) is 106 cm³/mol. The van der Waals surface area contributed by atoms with Gasteiger partial charge < -0.3 is 10.2 Å². The molecule has 5 heterocycles. The average Bonchev–Trinajstić information content (AvgIpc) is 3.07. The number of rotatable bonds is 2. The molecule has 4 aromatic rings. The summed E-state index contributed by atoms with van der Waals surface area (Å²) in [6.07, 6.45) is 5.32. The summed E-state index contributed by atoms with van der Waals surface area (Å²) in [6, 6.07) is 5.86. The Kier molecular flexibility index (Phi) is 3.83. The van der Waals surface area contributed by atoms with E-state index in [4.69, 9.17) is 0 Å². The normalized spacial score (nSPS) is 17.5. The quantitative estimate of drug-likeness (QED) is 0.556. The topological polar surface area (TPSA) is 92.7 Å².